The molecule has 1 aromatic heterocycles. The van der Waals surface area contributed by atoms with Gasteiger partial charge in [-0.05, 0) is 26.3 Å². The molecule has 0 aliphatic carbocycles. The Bertz CT molecular complexity index is 287. The lowest BCUT2D eigenvalue weighted by atomic mass is 10.1. The summed E-state index contributed by atoms with van der Waals surface area (Å²) in [5.74, 6) is 0. The van der Waals surface area contributed by atoms with Crippen LogP contribution in [0.1, 0.15) is 31.9 Å². The molecule has 0 radical (unpaired) electrons. The van der Waals surface area contributed by atoms with Crippen molar-refractivity contribution >= 4 is 0 Å². The molecule has 1 aliphatic heterocycles. The normalized spacial score (nSPS) is 23.2. The van der Waals surface area contributed by atoms with Crippen molar-refractivity contribution in [3.63, 3.8) is 0 Å². The fourth-order valence-electron chi connectivity index (χ4n) is 1.69. The molecule has 1 fully saturated rings. The highest BCUT2D eigenvalue weighted by Gasteiger charge is 2.26. The van der Waals surface area contributed by atoms with Gasteiger partial charge in [0.2, 0.25) is 0 Å². The van der Waals surface area contributed by atoms with Crippen molar-refractivity contribution in [1.29, 1.82) is 0 Å². The molecule has 3 heteroatoms. The molecule has 1 aliphatic rings. The number of pyridine rings is 1. The molecule has 1 saturated heterocycles. The summed E-state index contributed by atoms with van der Waals surface area (Å²) in [6, 6.07) is 4.48. The molecule has 14 heavy (non-hydrogen) atoms. The Morgan fingerprint density at radius 2 is 2.43 bits per heavy atom. The highest BCUT2D eigenvalue weighted by Crippen LogP contribution is 2.28. The predicted molar refractivity (Wildman–Crippen MR) is 54.5 cm³/mol. The molecular weight excluding hydrogens is 176 g/mol. The van der Waals surface area contributed by atoms with Crippen LogP contribution in [0, 0.1) is 0 Å². The van der Waals surface area contributed by atoms with E-state index in [1.165, 1.54) is 5.56 Å². The number of hydrogen-bond donors (Lipinski definition) is 0. The number of nitrogens with zero attached hydrogens (tertiary/aromatic N) is 2. The van der Waals surface area contributed by atoms with Crippen LogP contribution in [0.4, 0.5) is 0 Å². The summed E-state index contributed by atoms with van der Waals surface area (Å²) in [7, 11) is 0. The SMILES string of the molecule is CC(C)N1CCC(c2cccnc2)O1. The first kappa shape index (κ1) is 9.62. The average molecular weight is 192 g/mol. The molecule has 1 aromatic rings. The summed E-state index contributed by atoms with van der Waals surface area (Å²) in [6.07, 6.45) is 4.93. The highest BCUT2D eigenvalue weighted by molar-refractivity contribution is 5.12. The molecule has 0 amide bonds. The summed E-state index contributed by atoms with van der Waals surface area (Å²) in [5, 5.41) is 2.04. The van der Waals surface area contributed by atoms with Gasteiger partial charge in [0.05, 0.1) is 0 Å². The van der Waals surface area contributed by atoms with Gasteiger partial charge in [0, 0.05) is 30.5 Å². The van der Waals surface area contributed by atoms with Gasteiger partial charge in [0.25, 0.3) is 0 Å². The summed E-state index contributed by atoms with van der Waals surface area (Å²) < 4.78 is 0. The Kier molecular flexibility index (Phi) is 2.79. The van der Waals surface area contributed by atoms with E-state index in [0.29, 0.717) is 6.04 Å². The zero-order chi connectivity index (χ0) is 9.97. The molecule has 0 bridgehead atoms. The second-order valence-electron chi connectivity index (χ2n) is 3.90. The Balaban J connectivity index is 2.03. The number of aromatic nitrogens is 1. The minimum atomic E-state index is 0.200. The molecule has 1 unspecified atom stereocenters. The largest absolute Gasteiger partial charge is 0.291 e. The van der Waals surface area contributed by atoms with Crippen LogP contribution in [0.5, 0.6) is 0 Å². The molecule has 76 valence electrons. The van der Waals surface area contributed by atoms with Crippen molar-refractivity contribution in [2.75, 3.05) is 6.54 Å². The van der Waals surface area contributed by atoms with Crippen LogP contribution in [0.25, 0.3) is 0 Å². The molecule has 2 heterocycles. The Hall–Kier alpha value is -0.930. The van der Waals surface area contributed by atoms with Crippen molar-refractivity contribution in [3.05, 3.63) is 30.1 Å². The van der Waals surface area contributed by atoms with E-state index < -0.39 is 0 Å². The van der Waals surface area contributed by atoms with Gasteiger partial charge < -0.3 is 0 Å². The van der Waals surface area contributed by atoms with E-state index >= 15 is 0 Å². The minimum absolute atomic E-state index is 0.200. The van der Waals surface area contributed by atoms with E-state index in [0.717, 1.165) is 13.0 Å². The second kappa shape index (κ2) is 4.07. The Morgan fingerprint density at radius 1 is 1.57 bits per heavy atom. The van der Waals surface area contributed by atoms with Gasteiger partial charge in [-0.2, -0.15) is 5.06 Å². The average Bonchev–Trinajstić information content (AvgIpc) is 2.68. The van der Waals surface area contributed by atoms with Crippen molar-refractivity contribution < 1.29 is 4.84 Å². The molecule has 0 aromatic carbocycles. The van der Waals surface area contributed by atoms with E-state index in [9.17, 15) is 0 Å². The maximum atomic E-state index is 5.80. The standard InChI is InChI=1S/C11H16N2O/c1-9(2)13-7-5-11(14-13)10-4-3-6-12-8-10/h3-4,6,8-9,11H,5,7H2,1-2H3. The fraction of sp³-hybridized carbons (Fsp3) is 0.545. The van der Waals surface area contributed by atoms with Crippen molar-refractivity contribution in [2.45, 2.75) is 32.4 Å². The number of rotatable bonds is 2. The van der Waals surface area contributed by atoms with Gasteiger partial charge >= 0.3 is 0 Å². The number of hydroxylamine groups is 2. The van der Waals surface area contributed by atoms with Gasteiger partial charge in [-0.15, -0.1) is 0 Å². The third-order valence-corrected chi connectivity index (χ3v) is 2.51. The van der Waals surface area contributed by atoms with E-state index in [4.69, 9.17) is 4.84 Å². The highest BCUT2D eigenvalue weighted by atomic mass is 16.7. The molecule has 3 nitrogen and oxygen atoms in total. The van der Waals surface area contributed by atoms with Gasteiger partial charge in [0.15, 0.2) is 0 Å². The van der Waals surface area contributed by atoms with Gasteiger partial charge in [-0.25, -0.2) is 0 Å². The van der Waals surface area contributed by atoms with Crippen LogP contribution in [0.3, 0.4) is 0 Å². The lowest BCUT2D eigenvalue weighted by molar-refractivity contribution is -0.166. The first-order chi connectivity index (χ1) is 6.77. The molecule has 0 N–H and O–H groups in total. The molecule has 1 atom stereocenters. The lowest BCUT2D eigenvalue weighted by Gasteiger charge is -2.19. The van der Waals surface area contributed by atoms with Crippen LogP contribution in [0.15, 0.2) is 24.5 Å². The van der Waals surface area contributed by atoms with E-state index in [1.807, 2.05) is 17.3 Å². The zero-order valence-electron chi connectivity index (χ0n) is 8.68. The third kappa shape index (κ3) is 1.94. The zero-order valence-corrected chi connectivity index (χ0v) is 8.68. The van der Waals surface area contributed by atoms with Crippen LogP contribution in [-0.2, 0) is 4.84 Å². The van der Waals surface area contributed by atoms with E-state index in [2.05, 4.69) is 24.9 Å². The molecule has 0 saturated carbocycles. The number of hydrogen-bond acceptors (Lipinski definition) is 3. The summed E-state index contributed by atoms with van der Waals surface area (Å²) in [6.45, 7) is 5.30. The van der Waals surface area contributed by atoms with Crippen LogP contribution >= 0.6 is 0 Å². The summed E-state index contributed by atoms with van der Waals surface area (Å²) >= 11 is 0. The van der Waals surface area contributed by atoms with Gasteiger partial charge in [-0.1, -0.05) is 6.07 Å². The quantitative estimate of drug-likeness (QED) is 0.718. The van der Waals surface area contributed by atoms with E-state index in [1.54, 1.807) is 6.20 Å². The molecule has 0 spiro atoms. The Labute approximate surface area is 84.7 Å². The first-order valence-electron chi connectivity index (χ1n) is 5.10. The Morgan fingerprint density at radius 3 is 3.00 bits per heavy atom. The smallest absolute Gasteiger partial charge is 0.107 e. The maximum Gasteiger partial charge on any atom is 0.107 e. The van der Waals surface area contributed by atoms with Gasteiger partial charge in [0.1, 0.15) is 6.10 Å². The van der Waals surface area contributed by atoms with Crippen LogP contribution < -0.4 is 0 Å². The summed E-state index contributed by atoms with van der Waals surface area (Å²) in [4.78, 5) is 9.90. The topological polar surface area (TPSA) is 25.4 Å². The maximum absolute atomic E-state index is 5.80. The molecule has 2 rings (SSSR count). The lowest BCUT2D eigenvalue weighted by Crippen LogP contribution is -2.26. The van der Waals surface area contributed by atoms with Crippen molar-refractivity contribution in [3.8, 4) is 0 Å². The second-order valence-corrected chi connectivity index (χ2v) is 3.90. The van der Waals surface area contributed by atoms with E-state index in [-0.39, 0.29) is 6.10 Å². The minimum Gasteiger partial charge on any atom is -0.291 e. The van der Waals surface area contributed by atoms with Crippen LogP contribution in [0.2, 0.25) is 0 Å². The first-order valence-corrected chi connectivity index (χ1v) is 5.10. The fourth-order valence-corrected chi connectivity index (χ4v) is 1.69. The monoisotopic (exact) mass is 192 g/mol. The predicted octanol–water partition coefficient (Wildman–Crippen LogP) is 2.17. The van der Waals surface area contributed by atoms with Crippen molar-refractivity contribution in [1.82, 2.24) is 10.0 Å². The summed E-state index contributed by atoms with van der Waals surface area (Å²) in [5.41, 5.74) is 1.18. The molecular formula is C11H16N2O. The van der Waals surface area contributed by atoms with Gasteiger partial charge in [-0.3, -0.25) is 9.82 Å². The van der Waals surface area contributed by atoms with Crippen LogP contribution in [-0.4, -0.2) is 22.6 Å². The third-order valence-electron chi connectivity index (χ3n) is 2.51. The van der Waals surface area contributed by atoms with Crippen molar-refractivity contribution in [2.24, 2.45) is 0 Å².